The summed E-state index contributed by atoms with van der Waals surface area (Å²) in [5, 5.41) is 0. The van der Waals surface area contributed by atoms with Crippen molar-refractivity contribution < 1.29 is 19.1 Å². The number of carbonyl (C=O) groups excluding carboxylic acids is 2. The van der Waals surface area contributed by atoms with Gasteiger partial charge >= 0.3 is 12.6 Å². The molecule has 4 nitrogen and oxygen atoms in total. The first-order chi connectivity index (χ1) is 4.81. The second-order valence-corrected chi connectivity index (χ2v) is 1.34. The van der Waals surface area contributed by atoms with E-state index in [2.05, 4.69) is 9.47 Å². The molecular weight excluding hydrogens is 136 g/mol. The Kier molecular flexibility index (Phi) is 5.04. The summed E-state index contributed by atoms with van der Waals surface area (Å²) < 4.78 is 8.16. The normalized spacial score (nSPS) is 9.30. The van der Waals surface area contributed by atoms with Crippen LogP contribution in [0.1, 0.15) is 6.92 Å². The quantitative estimate of drug-likeness (QED) is 0.255. The van der Waals surface area contributed by atoms with E-state index in [-0.39, 0.29) is 13.1 Å². The van der Waals surface area contributed by atoms with E-state index in [9.17, 15) is 9.59 Å². The summed E-state index contributed by atoms with van der Waals surface area (Å²) in [7, 11) is 0. The third-order valence-corrected chi connectivity index (χ3v) is 0.677. The molecule has 0 aromatic rings. The van der Waals surface area contributed by atoms with Crippen molar-refractivity contribution in [3.8, 4) is 0 Å². The molecular formula is C6H8O4. The molecule has 0 saturated carbocycles. The van der Waals surface area contributed by atoms with Crippen LogP contribution in [0.3, 0.4) is 0 Å². The van der Waals surface area contributed by atoms with Crippen LogP contribution in [-0.2, 0) is 14.3 Å². The van der Waals surface area contributed by atoms with Gasteiger partial charge < -0.3 is 9.47 Å². The Labute approximate surface area is 58.4 Å². The van der Waals surface area contributed by atoms with Crippen LogP contribution in [0.15, 0.2) is 12.2 Å². The van der Waals surface area contributed by atoms with Gasteiger partial charge in [0.25, 0.3) is 0 Å². The van der Waals surface area contributed by atoms with Gasteiger partial charge in [-0.15, -0.1) is 0 Å². The van der Waals surface area contributed by atoms with Gasteiger partial charge in [-0.2, -0.15) is 0 Å². The highest BCUT2D eigenvalue weighted by molar-refractivity contribution is 5.69. The van der Waals surface area contributed by atoms with E-state index in [1.165, 1.54) is 0 Å². The molecule has 0 bridgehead atoms. The molecule has 0 spiro atoms. The number of hydrogen-bond acceptors (Lipinski definition) is 4. The zero-order valence-corrected chi connectivity index (χ0v) is 5.57. The van der Waals surface area contributed by atoms with Crippen LogP contribution in [0, 0.1) is 0 Å². The van der Waals surface area contributed by atoms with Gasteiger partial charge in [-0.25, -0.2) is 4.79 Å². The Morgan fingerprint density at radius 2 is 2.30 bits per heavy atom. The van der Waals surface area contributed by atoms with Crippen molar-refractivity contribution in [2.45, 2.75) is 6.92 Å². The molecule has 56 valence electrons. The van der Waals surface area contributed by atoms with Gasteiger partial charge in [0.05, 0.1) is 0 Å². The maximum Gasteiger partial charge on any atom is 0.516 e. The molecule has 0 heterocycles. The van der Waals surface area contributed by atoms with Crippen molar-refractivity contribution >= 4 is 12.6 Å². The summed E-state index contributed by atoms with van der Waals surface area (Å²) in [5.74, 6) is 0. The summed E-state index contributed by atoms with van der Waals surface area (Å²) in [5.41, 5.74) is 0. The summed E-state index contributed by atoms with van der Waals surface area (Å²) >= 11 is 0. The lowest BCUT2D eigenvalue weighted by Gasteiger charge is -1.95. The lowest BCUT2D eigenvalue weighted by molar-refractivity contribution is -0.125. The number of rotatable bonds is 3. The molecule has 0 atom stereocenters. The zero-order chi connectivity index (χ0) is 7.82. The second kappa shape index (κ2) is 5.81. The zero-order valence-electron chi connectivity index (χ0n) is 5.57. The first kappa shape index (κ1) is 8.68. The minimum absolute atomic E-state index is 0.0258. The first-order valence-corrected chi connectivity index (χ1v) is 2.69. The number of hydrogen-bond donors (Lipinski definition) is 0. The van der Waals surface area contributed by atoms with Crippen molar-refractivity contribution in [2.75, 3.05) is 6.61 Å². The molecule has 0 aliphatic rings. The van der Waals surface area contributed by atoms with Gasteiger partial charge in [0.2, 0.25) is 0 Å². The monoisotopic (exact) mass is 144 g/mol. The van der Waals surface area contributed by atoms with Crippen LogP contribution >= 0.6 is 0 Å². The Hall–Kier alpha value is -1.32. The molecule has 0 amide bonds. The summed E-state index contributed by atoms with van der Waals surface area (Å²) in [6.07, 6.45) is 2.35. The molecule has 0 radical (unpaired) electrons. The highest BCUT2D eigenvalue weighted by Crippen LogP contribution is 1.82. The molecule has 0 aliphatic carbocycles. The Balaban J connectivity index is 3.30. The standard InChI is InChI=1S/C6H8O4/c1-2-3-4-9-6(8)10-5-7/h2-3,5H,4H2,1H3/b3-2+. The van der Waals surface area contributed by atoms with E-state index in [1.807, 2.05) is 0 Å². The van der Waals surface area contributed by atoms with Crippen molar-refractivity contribution in [3.63, 3.8) is 0 Å². The van der Waals surface area contributed by atoms with E-state index in [4.69, 9.17) is 0 Å². The number of allylic oxidation sites excluding steroid dienone is 1. The highest BCUT2D eigenvalue weighted by atomic mass is 16.7. The van der Waals surface area contributed by atoms with Gasteiger partial charge in [0.15, 0.2) is 0 Å². The van der Waals surface area contributed by atoms with Crippen LogP contribution in [-0.4, -0.2) is 19.2 Å². The number of carbonyl (C=O) groups is 2. The average molecular weight is 144 g/mol. The molecule has 0 fully saturated rings. The predicted octanol–water partition coefficient (Wildman–Crippen LogP) is 0.872. The summed E-state index contributed by atoms with van der Waals surface area (Å²) in [4.78, 5) is 19.7. The molecule has 0 aromatic carbocycles. The Bertz CT molecular complexity index is 139. The van der Waals surface area contributed by atoms with E-state index < -0.39 is 6.16 Å². The van der Waals surface area contributed by atoms with E-state index >= 15 is 0 Å². The van der Waals surface area contributed by atoms with Crippen molar-refractivity contribution in [3.05, 3.63) is 12.2 Å². The fraction of sp³-hybridized carbons (Fsp3) is 0.333. The van der Waals surface area contributed by atoms with Crippen LogP contribution in [0.25, 0.3) is 0 Å². The topological polar surface area (TPSA) is 52.6 Å². The fourth-order valence-corrected chi connectivity index (χ4v) is 0.286. The third kappa shape index (κ3) is 4.83. The Morgan fingerprint density at radius 3 is 2.80 bits per heavy atom. The SMILES string of the molecule is C/C=C/COC(=O)OC=O. The van der Waals surface area contributed by atoms with Gasteiger partial charge in [-0.3, -0.25) is 4.79 Å². The first-order valence-electron chi connectivity index (χ1n) is 2.69. The van der Waals surface area contributed by atoms with Crippen molar-refractivity contribution in [1.29, 1.82) is 0 Å². The molecule has 0 unspecified atom stereocenters. The van der Waals surface area contributed by atoms with E-state index in [1.54, 1.807) is 19.1 Å². The molecule has 0 aliphatic heterocycles. The lowest BCUT2D eigenvalue weighted by atomic mass is 10.6. The molecule has 0 aromatic heterocycles. The minimum Gasteiger partial charge on any atom is -0.430 e. The van der Waals surface area contributed by atoms with Gasteiger partial charge in [0.1, 0.15) is 6.61 Å². The van der Waals surface area contributed by atoms with Crippen LogP contribution in [0.5, 0.6) is 0 Å². The maximum atomic E-state index is 10.2. The molecule has 0 rings (SSSR count). The van der Waals surface area contributed by atoms with Crippen LogP contribution < -0.4 is 0 Å². The van der Waals surface area contributed by atoms with Gasteiger partial charge in [0, 0.05) is 0 Å². The van der Waals surface area contributed by atoms with Gasteiger partial charge in [-0.05, 0) is 6.92 Å². The average Bonchev–Trinajstić information content (AvgIpc) is 1.89. The minimum atomic E-state index is -0.979. The molecule has 4 heteroatoms. The maximum absolute atomic E-state index is 10.2. The number of ether oxygens (including phenoxy) is 2. The second-order valence-electron chi connectivity index (χ2n) is 1.34. The lowest BCUT2D eigenvalue weighted by Crippen LogP contribution is -2.05. The molecule has 0 saturated heterocycles. The molecule has 10 heavy (non-hydrogen) atoms. The fourth-order valence-electron chi connectivity index (χ4n) is 0.286. The summed E-state index contributed by atoms with van der Waals surface area (Å²) in [6, 6.07) is 0. The van der Waals surface area contributed by atoms with Gasteiger partial charge in [-0.1, -0.05) is 12.2 Å². The predicted molar refractivity (Wildman–Crippen MR) is 33.3 cm³/mol. The van der Waals surface area contributed by atoms with Crippen LogP contribution in [0.4, 0.5) is 4.79 Å². The largest absolute Gasteiger partial charge is 0.516 e. The molecule has 0 N–H and O–H groups in total. The summed E-state index contributed by atoms with van der Waals surface area (Å²) in [6.45, 7) is 1.94. The Morgan fingerprint density at radius 1 is 1.60 bits per heavy atom. The third-order valence-electron chi connectivity index (χ3n) is 0.677. The van der Waals surface area contributed by atoms with Crippen LogP contribution in [0.2, 0.25) is 0 Å². The smallest absolute Gasteiger partial charge is 0.430 e. The van der Waals surface area contributed by atoms with Crippen molar-refractivity contribution in [1.82, 2.24) is 0 Å². The van der Waals surface area contributed by atoms with E-state index in [0.29, 0.717) is 0 Å². The highest BCUT2D eigenvalue weighted by Gasteiger charge is 1.98. The van der Waals surface area contributed by atoms with E-state index in [0.717, 1.165) is 0 Å². The van der Waals surface area contributed by atoms with Crippen molar-refractivity contribution in [2.24, 2.45) is 0 Å².